The molecule has 0 amide bonds. The summed E-state index contributed by atoms with van der Waals surface area (Å²) in [5.74, 6) is -1.66. The van der Waals surface area contributed by atoms with Gasteiger partial charge in [0.1, 0.15) is 6.61 Å². The molecule has 0 radical (unpaired) electrons. The third-order valence-electron chi connectivity index (χ3n) is 2.96. The Kier molecular flexibility index (Phi) is 6.80. The second-order valence-electron chi connectivity index (χ2n) is 4.66. The number of carboxylic acid groups (broad SMARTS) is 1. The zero-order valence-electron chi connectivity index (χ0n) is 11.0. The molecule has 0 spiro atoms. The van der Waals surface area contributed by atoms with Crippen molar-refractivity contribution in [3.8, 4) is 0 Å². The van der Waals surface area contributed by atoms with E-state index in [1.54, 1.807) is 13.8 Å². The summed E-state index contributed by atoms with van der Waals surface area (Å²) in [6.45, 7) is 7.76. The van der Waals surface area contributed by atoms with Gasteiger partial charge in [0.2, 0.25) is 0 Å². The fourth-order valence-electron chi connectivity index (χ4n) is 1.24. The first-order valence-electron chi connectivity index (χ1n) is 5.77. The van der Waals surface area contributed by atoms with Crippen LogP contribution in [0.1, 0.15) is 34.1 Å². The minimum Gasteiger partial charge on any atom is -0.481 e. The topological polar surface area (TPSA) is 72.8 Å². The smallest absolute Gasteiger partial charge is 0.332 e. The van der Waals surface area contributed by atoms with Crippen molar-refractivity contribution in [2.45, 2.75) is 34.1 Å². The second-order valence-corrected chi connectivity index (χ2v) is 4.66. The average Bonchev–Trinajstić information content (AvgIpc) is 2.23. The van der Waals surface area contributed by atoms with Gasteiger partial charge in [0.25, 0.3) is 0 Å². The first-order chi connectivity index (χ1) is 7.81. The van der Waals surface area contributed by atoms with Gasteiger partial charge in [0.05, 0.1) is 12.5 Å². The molecule has 5 nitrogen and oxygen atoms in total. The van der Waals surface area contributed by atoms with E-state index in [2.05, 4.69) is 0 Å². The summed E-state index contributed by atoms with van der Waals surface area (Å²) >= 11 is 0. The van der Waals surface area contributed by atoms with Crippen LogP contribution in [-0.2, 0) is 19.1 Å². The molecule has 1 atom stereocenters. The normalized spacial score (nSPS) is 13.2. The zero-order valence-corrected chi connectivity index (χ0v) is 11.0. The summed E-state index contributed by atoms with van der Waals surface area (Å²) in [5.41, 5.74) is -0.361. The third kappa shape index (κ3) is 6.26. The molecule has 1 unspecified atom stereocenters. The summed E-state index contributed by atoms with van der Waals surface area (Å²) in [7, 11) is 0. The lowest BCUT2D eigenvalue weighted by Gasteiger charge is -2.28. The van der Waals surface area contributed by atoms with Crippen LogP contribution in [0.15, 0.2) is 0 Å². The van der Waals surface area contributed by atoms with E-state index < -0.39 is 17.9 Å². The quantitative estimate of drug-likeness (QED) is 0.521. The summed E-state index contributed by atoms with van der Waals surface area (Å²) in [5, 5.41) is 8.92. The van der Waals surface area contributed by atoms with E-state index in [9.17, 15) is 9.59 Å². The molecule has 5 heteroatoms. The van der Waals surface area contributed by atoms with E-state index >= 15 is 0 Å². The Morgan fingerprint density at radius 3 is 2.41 bits per heavy atom. The van der Waals surface area contributed by atoms with Gasteiger partial charge < -0.3 is 14.6 Å². The minimum absolute atomic E-state index is 0.0780. The van der Waals surface area contributed by atoms with Crippen LogP contribution in [0.2, 0.25) is 0 Å². The minimum atomic E-state index is -0.819. The van der Waals surface area contributed by atoms with E-state index in [1.165, 1.54) is 0 Å². The lowest BCUT2D eigenvalue weighted by Crippen LogP contribution is -2.30. The van der Waals surface area contributed by atoms with Crippen molar-refractivity contribution in [3.63, 3.8) is 0 Å². The fourth-order valence-corrected chi connectivity index (χ4v) is 1.24. The van der Waals surface area contributed by atoms with Gasteiger partial charge in [0, 0.05) is 6.61 Å². The molecule has 0 aliphatic heterocycles. The lowest BCUT2D eigenvalue weighted by atomic mass is 9.77. The standard InChI is InChI=1S/C12H22O5/c1-5-17-10(13)8-16-7-6-12(3,4)9(2)11(14)15/h9H,5-8H2,1-4H3,(H,14,15). The molecule has 0 aliphatic carbocycles. The molecule has 0 saturated heterocycles. The van der Waals surface area contributed by atoms with E-state index in [4.69, 9.17) is 14.6 Å². The molecule has 0 aliphatic rings. The van der Waals surface area contributed by atoms with Crippen molar-refractivity contribution in [1.29, 1.82) is 0 Å². The highest BCUT2D eigenvalue weighted by atomic mass is 16.6. The van der Waals surface area contributed by atoms with Crippen LogP contribution < -0.4 is 0 Å². The summed E-state index contributed by atoms with van der Waals surface area (Å²) in [6, 6.07) is 0. The van der Waals surface area contributed by atoms with Crippen LogP contribution in [0, 0.1) is 11.3 Å². The first kappa shape index (κ1) is 15.9. The molecular weight excluding hydrogens is 224 g/mol. The molecule has 100 valence electrons. The molecule has 0 aromatic heterocycles. The predicted octanol–water partition coefficient (Wildman–Crippen LogP) is 1.70. The molecule has 0 fully saturated rings. The number of esters is 1. The number of carbonyl (C=O) groups excluding carboxylic acids is 1. The van der Waals surface area contributed by atoms with Crippen LogP contribution in [-0.4, -0.2) is 36.9 Å². The largest absolute Gasteiger partial charge is 0.481 e. The fraction of sp³-hybridized carbons (Fsp3) is 0.833. The number of hydrogen-bond acceptors (Lipinski definition) is 4. The Morgan fingerprint density at radius 2 is 1.94 bits per heavy atom. The first-order valence-corrected chi connectivity index (χ1v) is 5.77. The van der Waals surface area contributed by atoms with Crippen molar-refractivity contribution in [2.24, 2.45) is 11.3 Å². The molecule has 0 saturated carbocycles. The van der Waals surface area contributed by atoms with Gasteiger partial charge in [-0.25, -0.2) is 4.79 Å². The Morgan fingerprint density at radius 1 is 1.35 bits per heavy atom. The Balaban J connectivity index is 3.87. The molecule has 17 heavy (non-hydrogen) atoms. The van der Waals surface area contributed by atoms with Gasteiger partial charge >= 0.3 is 11.9 Å². The number of ether oxygens (including phenoxy) is 2. The van der Waals surface area contributed by atoms with Crippen LogP contribution in [0.3, 0.4) is 0 Å². The van der Waals surface area contributed by atoms with Gasteiger partial charge in [-0.1, -0.05) is 20.8 Å². The average molecular weight is 246 g/mol. The highest BCUT2D eigenvalue weighted by molar-refractivity contribution is 5.71. The summed E-state index contributed by atoms with van der Waals surface area (Å²) < 4.78 is 9.85. The van der Waals surface area contributed by atoms with Crippen LogP contribution in [0.5, 0.6) is 0 Å². The highest BCUT2D eigenvalue weighted by Gasteiger charge is 2.30. The van der Waals surface area contributed by atoms with E-state index in [0.29, 0.717) is 19.6 Å². The van der Waals surface area contributed by atoms with Gasteiger partial charge in [-0.05, 0) is 18.8 Å². The molecule has 0 aromatic carbocycles. The summed E-state index contributed by atoms with van der Waals surface area (Å²) in [4.78, 5) is 21.8. The van der Waals surface area contributed by atoms with Crippen molar-refractivity contribution in [3.05, 3.63) is 0 Å². The molecule has 1 N–H and O–H groups in total. The Labute approximate surface area is 102 Å². The number of carbonyl (C=O) groups is 2. The van der Waals surface area contributed by atoms with Crippen LogP contribution >= 0.6 is 0 Å². The van der Waals surface area contributed by atoms with Crippen LogP contribution in [0.25, 0.3) is 0 Å². The van der Waals surface area contributed by atoms with Crippen molar-refractivity contribution in [1.82, 2.24) is 0 Å². The maximum absolute atomic E-state index is 11.0. The predicted molar refractivity (Wildman–Crippen MR) is 62.6 cm³/mol. The second kappa shape index (κ2) is 7.27. The Hall–Kier alpha value is -1.10. The number of aliphatic carboxylic acids is 1. The van der Waals surface area contributed by atoms with E-state index in [-0.39, 0.29) is 12.0 Å². The maximum atomic E-state index is 11.0. The van der Waals surface area contributed by atoms with Gasteiger partial charge in [-0.3, -0.25) is 4.79 Å². The molecule has 0 rings (SSSR count). The number of carboxylic acids is 1. The molecule has 0 bridgehead atoms. The Bertz CT molecular complexity index is 260. The summed E-state index contributed by atoms with van der Waals surface area (Å²) in [6.07, 6.45) is 0.583. The third-order valence-corrected chi connectivity index (χ3v) is 2.96. The van der Waals surface area contributed by atoms with E-state index in [0.717, 1.165) is 0 Å². The molecular formula is C12H22O5. The van der Waals surface area contributed by atoms with Crippen molar-refractivity contribution < 1.29 is 24.2 Å². The highest BCUT2D eigenvalue weighted by Crippen LogP contribution is 2.30. The monoisotopic (exact) mass is 246 g/mol. The van der Waals surface area contributed by atoms with Crippen molar-refractivity contribution >= 4 is 11.9 Å². The van der Waals surface area contributed by atoms with Gasteiger partial charge in [-0.15, -0.1) is 0 Å². The van der Waals surface area contributed by atoms with Crippen molar-refractivity contribution in [2.75, 3.05) is 19.8 Å². The van der Waals surface area contributed by atoms with Crippen LogP contribution in [0.4, 0.5) is 0 Å². The van der Waals surface area contributed by atoms with E-state index in [1.807, 2.05) is 13.8 Å². The number of rotatable bonds is 8. The van der Waals surface area contributed by atoms with Gasteiger partial charge in [0.15, 0.2) is 0 Å². The SMILES string of the molecule is CCOC(=O)COCCC(C)(C)C(C)C(=O)O. The molecule has 0 aromatic rings. The number of hydrogen-bond donors (Lipinski definition) is 1. The lowest BCUT2D eigenvalue weighted by molar-refractivity contribution is -0.150. The maximum Gasteiger partial charge on any atom is 0.332 e. The zero-order chi connectivity index (χ0) is 13.5. The molecule has 0 heterocycles. The van der Waals surface area contributed by atoms with Gasteiger partial charge in [-0.2, -0.15) is 0 Å².